The Morgan fingerprint density at radius 3 is 2.81 bits per heavy atom. The van der Waals surface area contributed by atoms with Crippen LogP contribution in [0.4, 0.5) is 0 Å². The standard InChI is InChI=1S/C22H31N3O2/c1-16(2)12-13-27-17(3)22(26)24-20-10-7-11-21-19(20)14-23-25(21)15-18-8-5-4-6-9-18/h4-6,8-9,14,16-17,20H,7,10-13,15H2,1-3H3,(H,24,26). The summed E-state index contributed by atoms with van der Waals surface area (Å²) in [6, 6.07) is 10.4. The van der Waals surface area contributed by atoms with E-state index in [1.54, 1.807) is 0 Å². The summed E-state index contributed by atoms with van der Waals surface area (Å²) in [5.74, 6) is 0.545. The summed E-state index contributed by atoms with van der Waals surface area (Å²) in [6.07, 6.45) is 5.49. The summed E-state index contributed by atoms with van der Waals surface area (Å²) in [7, 11) is 0. The molecule has 1 amide bonds. The van der Waals surface area contributed by atoms with Gasteiger partial charge < -0.3 is 10.1 Å². The van der Waals surface area contributed by atoms with Crippen molar-refractivity contribution in [2.45, 2.75) is 65.1 Å². The predicted octanol–water partition coefficient (Wildman–Crippen LogP) is 3.88. The van der Waals surface area contributed by atoms with E-state index in [1.807, 2.05) is 19.2 Å². The zero-order valence-electron chi connectivity index (χ0n) is 16.6. The molecule has 146 valence electrons. The summed E-state index contributed by atoms with van der Waals surface area (Å²) >= 11 is 0. The summed E-state index contributed by atoms with van der Waals surface area (Å²) in [5.41, 5.74) is 3.63. The van der Waals surface area contributed by atoms with E-state index in [-0.39, 0.29) is 11.9 Å². The van der Waals surface area contributed by atoms with E-state index in [2.05, 4.69) is 53.2 Å². The smallest absolute Gasteiger partial charge is 0.249 e. The molecule has 1 N–H and O–H groups in total. The molecule has 27 heavy (non-hydrogen) atoms. The molecular weight excluding hydrogens is 338 g/mol. The van der Waals surface area contributed by atoms with Gasteiger partial charge in [0.1, 0.15) is 6.10 Å². The third-order valence-corrected chi connectivity index (χ3v) is 5.19. The highest BCUT2D eigenvalue weighted by atomic mass is 16.5. The van der Waals surface area contributed by atoms with E-state index in [9.17, 15) is 4.79 Å². The van der Waals surface area contributed by atoms with Gasteiger partial charge in [-0.25, -0.2) is 0 Å². The first-order valence-electron chi connectivity index (χ1n) is 10.0. The fraction of sp³-hybridized carbons (Fsp3) is 0.545. The highest BCUT2D eigenvalue weighted by molar-refractivity contribution is 5.80. The number of fused-ring (bicyclic) bond motifs is 1. The number of benzene rings is 1. The summed E-state index contributed by atoms with van der Waals surface area (Å²) in [4.78, 5) is 12.5. The van der Waals surface area contributed by atoms with Gasteiger partial charge in [0.05, 0.1) is 18.8 Å². The Balaban J connectivity index is 1.62. The van der Waals surface area contributed by atoms with Gasteiger partial charge in [0, 0.05) is 17.9 Å². The van der Waals surface area contributed by atoms with Crippen molar-refractivity contribution < 1.29 is 9.53 Å². The second kappa shape index (κ2) is 9.18. The van der Waals surface area contributed by atoms with E-state index in [0.717, 1.165) is 37.8 Å². The molecule has 0 fully saturated rings. The second-order valence-electron chi connectivity index (χ2n) is 7.84. The van der Waals surface area contributed by atoms with Crippen LogP contribution in [0.5, 0.6) is 0 Å². The van der Waals surface area contributed by atoms with Gasteiger partial charge in [-0.05, 0) is 44.1 Å². The van der Waals surface area contributed by atoms with E-state index in [0.29, 0.717) is 12.5 Å². The summed E-state index contributed by atoms with van der Waals surface area (Å²) < 4.78 is 7.77. The molecule has 2 aromatic rings. The number of ether oxygens (including phenoxy) is 1. The van der Waals surface area contributed by atoms with Crippen molar-refractivity contribution in [3.63, 3.8) is 0 Å². The van der Waals surface area contributed by atoms with Crippen molar-refractivity contribution in [1.29, 1.82) is 0 Å². The van der Waals surface area contributed by atoms with Crippen molar-refractivity contribution in [2.24, 2.45) is 5.92 Å². The molecule has 1 aromatic carbocycles. The van der Waals surface area contributed by atoms with Crippen molar-refractivity contribution in [1.82, 2.24) is 15.1 Å². The van der Waals surface area contributed by atoms with Crippen molar-refractivity contribution in [3.8, 4) is 0 Å². The van der Waals surface area contributed by atoms with Crippen LogP contribution in [0, 0.1) is 5.92 Å². The largest absolute Gasteiger partial charge is 0.369 e. The van der Waals surface area contributed by atoms with Crippen LogP contribution in [0.15, 0.2) is 36.5 Å². The average Bonchev–Trinajstić information content (AvgIpc) is 3.06. The second-order valence-corrected chi connectivity index (χ2v) is 7.84. The lowest BCUT2D eigenvalue weighted by molar-refractivity contribution is -0.132. The number of nitrogens with one attached hydrogen (secondary N) is 1. The van der Waals surface area contributed by atoms with Gasteiger partial charge in [-0.3, -0.25) is 9.48 Å². The Morgan fingerprint density at radius 2 is 2.07 bits per heavy atom. The van der Waals surface area contributed by atoms with Gasteiger partial charge in [0.2, 0.25) is 5.91 Å². The fourth-order valence-electron chi connectivity index (χ4n) is 3.51. The lowest BCUT2D eigenvalue weighted by atomic mass is 9.92. The van der Waals surface area contributed by atoms with E-state index < -0.39 is 6.10 Å². The normalized spacial score (nSPS) is 17.6. The first-order chi connectivity index (χ1) is 13.0. The first-order valence-corrected chi connectivity index (χ1v) is 10.0. The minimum Gasteiger partial charge on any atom is -0.369 e. The highest BCUT2D eigenvalue weighted by Gasteiger charge is 2.27. The van der Waals surface area contributed by atoms with E-state index in [1.165, 1.54) is 11.3 Å². The third kappa shape index (κ3) is 5.19. The monoisotopic (exact) mass is 369 g/mol. The Hall–Kier alpha value is -2.14. The number of aromatic nitrogens is 2. The zero-order chi connectivity index (χ0) is 19.2. The maximum atomic E-state index is 12.5. The number of carbonyl (C=O) groups excluding carboxylic acids is 1. The molecule has 0 aliphatic heterocycles. The number of rotatable bonds is 8. The highest BCUT2D eigenvalue weighted by Crippen LogP contribution is 2.30. The lowest BCUT2D eigenvalue weighted by Crippen LogP contribution is -2.38. The maximum absolute atomic E-state index is 12.5. The number of amides is 1. The number of nitrogens with zero attached hydrogens (tertiary/aromatic N) is 2. The minimum atomic E-state index is -0.423. The van der Waals surface area contributed by atoms with Crippen LogP contribution in [0.1, 0.15) is 62.9 Å². The molecule has 0 saturated carbocycles. The lowest BCUT2D eigenvalue weighted by Gasteiger charge is -2.25. The van der Waals surface area contributed by atoms with Crippen LogP contribution in [-0.4, -0.2) is 28.4 Å². The Morgan fingerprint density at radius 1 is 1.30 bits per heavy atom. The van der Waals surface area contributed by atoms with Crippen LogP contribution in [0.3, 0.4) is 0 Å². The number of carbonyl (C=O) groups is 1. The zero-order valence-corrected chi connectivity index (χ0v) is 16.6. The Labute approximate surface area is 162 Å². The van der Waals surface area contributed by atoms with Gasteiger partial charge in [-0.2, -0.15) is 5.10 Å². The first kappa shape index (κ1) is 19.6. The summed E-state index contributed by atoms with van der Waals surface area (Å²) in [6.45, 7) is 7.54. The van der Waals surface area contributed by atoms with E-state index >= 15 is 0 Å². The average molecular weight is 370 g/mol. The Kier molecular flexibility index (Phi) is 6.67. The summed E-state index contributed by atoms with van der Waals surface area (Å²) in [5, 5.41) is 7.77. The third-order valence-electron chi connectivity index (χ3n) is 5.19. The molecule has 2 atom stereocenters. The van der Waals surface area contributed by atoms with Gasteiger partial charge >= 0.3 is 0 Å². The van der Waals surface area contributed by atoms with Crippen LogP contribution in [0.25, 0.3) is 0 Å². The van der Waals surface area contributed by atoms with Gasteiger partial charge in [0.15, 0.2) is 0 Å². The molecular formula is C22H31N3O2. The molecule has 1 heterocycles. The molecule has 5 heteroatoms. The maximum Gasteiger partial charge on any atom is 0.249 e. The van der Waals surface area contributed by atoms with Crippen LogP contribution < -0.4 is 5.32 Å². The quantitative estimate of drug-likeness (QED) is 0.768. The van der Waals surface area contributed by atoms with Gasteiger partial charge in [0.25, 0.3) is 0 Å². The molecule has 0 bridgehead atoms. The van der Waals surface area contributed by atoms with Gasteiger partial charge in [-0.1, -0.05) is 44.2 Å². The molecule has 3 rings (SSSR count). The van der Waals surface area contributed by atoms with Crippen LogP contribution in [0.2, 0.25) is 0 Å². The molecule has 2 unspecified atom stereocenters. The van der Waals surface area contributed by atoms with Crippen LogP contribution >= 0.6 is 0 Å². The van der Waals surface area contributed by atoms with Crippen molar-refractivity contribution in [3.05, 3.63) is 53.3 Å². The van der Waals surface area contributed by atoms with E-state index in [4.69, 9.17) is 4.74 Å². The topological polar surface area (TPSA) is 56.1 Å². The fourth-order valence-corrected chi connectivity index (χ4v) is 3.51. The molecule has 1 aromatic heterocycles. The molecule has 0 radical (unpaired) electrons. The van der Waals surface area contributed by atoms with Crippen molar-refractivity contribution in [2.75, 3.05) is 6.61 Å². The predicted molar refractivity (Wildman–Crippen MR) is 106 cm³/mol. The number of hydrogen-bond donors (Lipinski definition) is 1. The minimum absolute atomic E-state index is 0.0296. The molecule has 0 saturated heterocycles. The Bertz CT molecular complexity index is 739. The molecule has 1 aliphatic rings. The molecule has 0 spiro atoms. The van der Waals surface area contributed by atoms with Crippen LogP contribution in [-0.2, 0) is 22.5 Å². The molecule has 1 aliphatic carbocycles. The molecule has 5 nitrogen and oxygen atoms in total. The SMILES string of the molecule is CC(C)CCOC(C)C(=O)NC1CCCc2c1cnn2Cc1ccccc1. The van der Waals surface area contributed by atoms with Gasteiger partial charge in [-0.15, -0.1) is 0 Å². The van der Waals surface area contributed by atoms with Crippen molar-refractivity contribution >= 4 is 5.91 Å². The number of hydrogen-bond acceptors (Lipinski definition) is 3.